The Balaban J connectivity index is 2.85. The Morgan fingerprint density at radius 3 is 2.92 bits per heavy atom. The zero-order chi connectivity index (χ0) is 9.68. The third-order valence-corrected chi connectivity index (χ3v) is 1.70. The second-order valence-electron chi connectivity index (χ2n) is 2.41. The fraction of sp³-hybridized carbons (Fsp3) is 0.111. The zero-order valence-electron chi connectivity index (χ0n) is 6.79. The van der Waals surface area contributed by atoms with Crippen molar-refractivity contribution in [1.82, 2.24) is 4.98 Å². The molecule has 0 radical (unpaired) electrons. The Labute approximate surface area is 80.0 Å². The van der Waals surface area contributed by atoms with Gasteiger partial charge in [0.15, 0.2) is 0 Å². The minimum absolute atomic E-state index is 0.147. The summed E-state index contributed by atoms with van der Waals surface area (Å²) in [6.45, 7) is 0. The Morgan fingerprint density at radius 1 is 1.54 bits per heavy atom. The van der Waals surface area contributed by atoms with E-state index in [-0.39, 0.29) is 10.6 Å². The maximum absolute atomic E-state index is 10.8. The van der Waals surface area contributed by atoms with Gasteiger partial charge in [0, 0.05) is 12.6 Å². The lowest BCUT2D eigenvalue weighted by Gasteiger charge is -1.92. The van der Waals surface area contributed by atoms with Crippen LogP contribution in [0.1, 0.15) is 12.0 Å². The number of rotatable bonds is 3. The van der Waals surface area contributed by atoms with Crippen molar-refractivity contribution in [2.24, 2.45) is 0 Å². The van der Waals surface area contributed by atoms with E-state index in [1.165, 1.54) is 6.20 Å². The number of allylic oxidation sites excluding steroid dienone is 1. The molecule has 1 heterocycles. The second kappa shape index (κ2) is 4.62. The van der Waals surface area contributed by atoms with Crippen LogP contribution in [0, 0.1) is 0 Å². The van der Waals surface area contributed by atoms with Gasteiger partial charge in [-0.05, 0) is 11.6 Å². The summed E-state index contributed by atoms with van der Waals surface area (Å²) in [5.41, 5.74) is 0.459. The summed E-state index contributed by atoms with van der Waals surface area (Å²) >= 11 is 5.58. The molecule has 4 heteroatoms. The molecule has 0 aliphatic heterocycles. The van der Waals surface area contributed by atoms with E-state index in [9.17, 15) is 9.59 Å². The molecule has 0 fully saturated rings. The molecule has 0 spiro atoms. The predicted molar refractivity (Wildman–Crippen MR) is 51.8 cm³/mol. The van der Waals surface area contributed by atoms with Gasteiger partial charge in [0.05, 0.1) is 0 Å². The average molecular weight is 198 g/mol. The lowest BCUT2D eigenvalue weighted by Crippen LogP contribution is -2.04. The van der Waals surface area contributed by atoms with Crippen LogP contribution in [0.4, 0.5) is 0 Å². The lowest BCUT2D eigenvalue weighted by molar-refractivity contribution is -0.107. The van der Waals surface area contributed by atoms with Crippen molar-refractivity contribution in [2.75, 3.05) is 0 Å². The largest absolute Gasteiger partial charge is 0.327 e. The van der Waals surface area contributed by atoms with E-state index in [0.29, 0.717) is 6.42 Å². The molecule has 1 aromatic heterocycles. The molecule has 0 aromatic carbocycles. The fourth-order valence-corrected chi connectivity index (χ4v) is 1.01. The molecule has 3 nitrogen and oxygen atoms in total. The summed E-state index contributed by atoms with van der Waals surface area (Å²) in [4.78, 5) is 23.3. The van der Waals surface area contributed by atoms with Gasteiger partial charge in [-0.25, -0.2) is 0 Å². The van der Waals surface area contributed by atoms with Gasteiger partial charge in [-0.3, -0.25) is 4.79 Å². The Kier molecular flexibility index (Phi) is 3.46. The molecule has 0 saturated carbocycles. The highest BCUT2D eigenvalue weighted by atomic mass is 35.5. The Bertz CT molecular complexity index is 381. The van der Waals surface area contributed by atoms with Crippen molar-refractivity contribution in [2.45, 2.75) is 6.42 Å². The minimum Gasteiger partial charge on any atom is -0.327 e. The average Bonchev–Trinajstić information content (AvgIpc) is 2.12. The highest BCUT2D eigenvalue weighted by molar-refractivity contribution is 6.30. The molecule has 0 unspecified atom stereocenters. The van der Waals surface area contributed by atoms with Crippen LogP contribution < -0.4 is 5.56 Å². The van der Waals surface area contributed by atoms with Crippen molar-refractivity contribution in [3.63, 3.8) is 0 Å². The number of hydrogen-bond acceptors (Lipinski definition) is 2. The quantitative estimate of drug-likeness (QED) is 0.749. The van der Waals surface area contributed by atoms with Crippen LogP contribution in [0.3, 0.4) is 0 Å². The van der Waals surface area contributed by atoms with Crippen molar-refractivity contribution in [3.8, 4) is 0 Å². The van der Waals surface area contributed by atoms with Gasteiger partial charge in [0.1, 0.15) is 11.3 Å². The van der Waals surface area contributed by atoms with Gasteiger partial charge >= 0.3 is 0 Å². The van der Waals surface area contributed by atoms with Crippen LogP contribution >= 0.6 is 11.6 Å². The van der Waals surface area contributed by atoms with Gasteiger partial charge in [-0.2, -0.15) is 0 Å². The first kappa shape index (κ1) is 9.74. The van der Waals surface area contributed by atoms with Crippen LogP contribution in [-0.2, 0) is 4.79 Å². The van der Waals surface area contributed by atoms with E-state index in [4.69, 9.17) is 11.6 Å². The first-order valence-corrected chi connectivity index (χ1v) is 4.10. The Hall–Kier alpha value is -1.35. The third-order valence-electron chi connectivity index (χ3n) is 1.42. The number of carbonyl (C=O) groups is 1. The summed E-state index contributed by atoms with van der Waals surface area (Å²) < 4.78 is 0. The summed E-state index contributed by atoms with van der Waals surface area (Å²) in [6, 6.07) is 1.54. The first-order chi connectivity index (χ1) is 6.24. The van der Waals surface area contributed by atoms with Crippen LogP contribution in [-0.4, -0.2) is 11.3 Å². The standard InChI is InChI=1S/C9H8ClNO2/c10-8-5-7(3-1-2-4-12)6-11-9(8)13/h1,3-6H,2H2,(H,11,13). The van der Waals surface area contributed by atoms with Gasteiger partial charge in [-0.15, -0.1) is 0 Å². The third kappa shape index (κ3) is 2.87. The number of pyridine rings is 1. The molecular weight excluding hydrogens is 190 g/mol. The molecule has 1 rings (SSSR count). The monoisotopic (exact) mass is 197 g/mol. The van der Waals surface area contributed by atoms with Crippen molar-refractivity contribution in [3.05, 3.63) is 39.3 Å². The van der Waals surface area contributed by atoms with Gasteiger partial charge in [-0.1, -0.05) is 23.8 Å². The highest BCUT2D eigenvalue weighted by Gasteiger charge is 1.94. The number of carbonyl (C=O) groups excluding carboxylic acids is 1. The maximum Gasteiger partial charge on any atom is 0.266 e. The highest BCUT2D eigenvalue weighted by Crippen LogP contribution is 2.05. The van der Waals surface area contributed by atoms with Gasteiger partial charge in [0.25, 0.3) is 5.56 Å². The normalized spacial score (nSPS) is 10.5. The number of H-pyrrole nitrogens is 1. The lowest BCUT2D eigenvalue weighted by atomic mass is 10.2. The van der Waals surface area contributed by atoms with Crippen LogP contribution in [0.15, 0.2) is 23.1 Å². The smallest absolute Gasteiger partial charge is 0.266 e. The molecule has 0 aliphatic carbocycles. The number of aromatic nitrogens is 1. The predicted octanol–water partition coefficient (Wildman–Crippen LogP) is 1.63. The maximum atomic E-state index is 10.8. The summed E-state index contributed by atoms with van der Waals surface area (Å²) in [5.74, 6) is 0. The topological polar surface area (TPSA) is 49.9 Å². The van der Waals surface area contributed by atoms with E-state index >= 15 is 0 Å². The van der Waals surface area contributed by atoms with Crippen LogP contribution in [0.25, 0.3) is 6.08 Å². The SMILES string of the molecule is O=CCC=Cc1c[nH]c(=O)c(Cl)c1. The van der Waals surface area contributed by atoms with E-state index in [2.05, 4.69) is 4.98 Å². The molecule has 1 aromatic rings. The number of aromatic amines is 1. The molecule has 0 atom stereocenters. The van der Waals surface area contributed by atoms with E-state index in [1.54, 1.807) is 18.2 Å². The van der Waals surface area contributed by atoms with Crippen LogP contribution in [0.2, 0.25) is 5.02 Å². The van der Waals surface area contributed by atoms with Crippen molar-refractivity contribution < 1.29 is 4.79 Å². The summed E-state index contributed by atoms with van der Waals surface area (Å²) in [6.07, 6.45) is 6.10. The van der Waals surface area contributed by atoms with Crippen LogP contribution in [0.5, 0.6) is 0 Å². The first-order valence-electron chi connectivity index (χ1n) is 3.72. The second-order valence-corrected chi connectivity index (χ2v) is 2.82. The van der Waals surface area contributed by atoms with E-state index < -0.39 is 0 Å². The molecule has 13 heavy (non-hydrogen) atoms. The number of nitrogens with one attached hydrogen (secondary N) is 1. The zero-order valence-corrected chi connectivity index (χ0v) is 7.54. The molecule has 0 bridgehead atoms. The summed E-state index contributed by atoms with van der Waals surface area (Å²) in [7, 11) is 0. The number of halogens is 1. The molecule has 0 amide bonds. The molecule has 0 saturated heterocycles. The molecular formula is C9H8ClNO2. The molecule has 68 valence electrons. The van der Waals surface area contributed by atoms with Gasteiger partial charge < -0.3 is 9.78 Å². The Morgan fingerprint density at radius 2 is 2.31 bits per heavy atom. The van der Waals surface area contributed by atoms with Crippen molar-refractivity contribution in [1.29, 1.82) is 0 Å². The molecule has 1 N–H and O–H groups in total. The number of hydrogen-bond donors (Lipinski definition) is 1. The van der Waals surface area contributed by atoms with Crippen molar-refractivity contribution >= 4 is 24.0 Å². The van der Waals surface area contributed by atoms with E-state index in [1.807, 2.05) is 0 Å². The molecule has 0 aliphatic rings. The summed E-state index contributed by atoms with van der Waals surface area (Å²) in [5, 5.41) is 0.147. The van der Waals surface area contributed by atoms with E-state index in [0.717, 1.165) is 11.8 Å². The minimum atomic E-state index is -0.311. The van der Waals surface area contributed by atoms with Gasteiger partial charge in [0.2, 0.25) is 0 Å². The fourth-order valence-electron chi connectivity index (χ4n) is 0.827. The number of aldehydes is 1.